The third kappa shape index (κ3) is 3.78. The van der Waals surface area contributed by atoms with E-state index in [1.54, 1.807) is 20.2 Å². The van der Waals surface area contributed by atoms with Crippen LogP contribution in [0.2, 0.25) is 0 Å². The number of benzene rings is 1. The molecule has 0 atom stereocenters. The van der Waals surface area contributed by atoms with Gasteiger partial charge in [0.25, 0.3) is 5.91 Å². The van der Waals surface area contributed by atoms with E-state index in [0.717, 1.165) is 0 Å². The molecule has 7 heteroatoms. The van der Waals surface area contributed by atoms with Crippen molar-refractivity contribution in [1.29, 1.82) is 0 Å². The quantitative estimate of drug-likeness (QED) is 0.830. The Balaban J connectivity index is 1.68. The molecule has 1 aliphatic rings. The number of carbonyl (C=O) groups is 1. The second kappa shape index (κ2) is 7.17. The van der Waals surface area contributed by atoms with Crippen LogP contribution in [0, 0.1) is 18.6 Å². The molecule has 0 aliphatic carbocycles. The third-order valence-electron chi connectivity index (χ3n) is 4.61. The monoisotopic (exact) mass is 363 g/mol. The molecule has 3 rings (SSSR count). The molecule has 0 spiro atoms. The van der Waals surface area contributed by atoms with Crippen molar-refractivity contribution in [2.75, 3.05) is 25.1 Å². The van der Waals surface area contributed by atoms with Crippen molar-refractivity contribution >= 4 is 11.6 Å². The third-order valence-corrected chi connectivity index (χ3v) is 4.61. The SMILES string of the molecule is Cc1cc(NC(=O)c2c(F)c(CCNC3(C)COC3)cn2C)ccc1F. The molecular weight excluding hydrogens is 340 g/mol. The summed E-state index contributed by atoms with van der Waals surface area (Å²) in [6.45, 7) is 5.55. The van der Waals surface area contributed by atoms with Gasteiger partial charge in [0, 0.05) is 31.0 Å². The molecule has 2 aromatic rings. The summed E-state index contributed by atoms with van der Waals surface area (Å²) in [7, 11) is 1.63. The Morgan fingerprint density at radius 1 is 1.35 bits per heavy atom. The number of rotatable bonds is 6. The number of hydrogen-bond donors (Lipinski definition) is 2. The van der Waals surface area contributed by atoms with Gasteiger partial charge in [0.15, 0.2) is 5.82 Å². The zero-order chi connectivity index (χ0) is 18.9. The highest BCUT2D eigenvalue weighted by Gasteiger charge is 2.32. The van der Waals surface area contributed by atoms with E-state index < -0.39 is 11.7 Å². The predicted molar refractivity (Wildman–Crippen MR) is 95.4 cm³/mol. The average Bonchev–Trinajstić information content (AvgIpc) is 2.83. The van der Waals surface area contributed by atoms with Crippen LogP contribution in [0.4, 0.5) is 14.5 Å². The molecule has 0 saturated carbocycles. The largest absolute Gasteiger partial charge is 0.377 e. The molecule has 1 amide bonds. The first-order valence-corrected chi connectivity index (χ1v) is 8.53. The molecule has 140 valence electrons. The molecule has 0 bridgehead atoms. The average molecular weight is 363 g/mol. The molecule has 0 radical (unpaired) electrons. The number of aromatic nitrogens is 1. The van der Waals surface area contributed by atoms with E-state index in [2.05, 4.69) is 17.6 Å². The Labute approximate surface area is 151 Å². The highest BCUT2D eigenvalue weighted by Crippen LogP contribution is 2.20. The Kier molecular flexibility index (Phi) is 5.11. The molecule has 1 aromatic carbocycles. The predicted octanol–water partition coefficient (Wildman–Crippen LogP) is 2.79. The lowest BCUT2D eigenvalue weighted by Crippen LogP contribution is -2.58. The minimum atomic E-state index is -0.561. The molecule has 1 aliphatic heterocycles. The lowest BCUT2D eigenvalue weighted by Gasteiger charge is -2.39. The zero-order valence-corrected chi connectivity index (χ0v) is 15.2. The summed E-state index contributed by atoms with van der Waals surface area (Å²) in [6, 6.07) is 4.24. The van der Waals surface area contributed by atoms with Gasteiger partial charge >= 0.3 is 0 Å². The van der Waals surface area contributed by atoms with Crippen LogP contribution in [-0.2, 0) is 18.2 Å². The lowest BCUT2D eigenvalue weighted by molar-refractivity contribution is -0.0636. The molecule has 2 heterocycles. The molecule has 0 unspecified atom stereocenters. The number of ether oxygens (including phenoxy) is 1. The van der Waals surface area contributed by atoms with E-state index in [9.17, 15) is 13.6 Å². The Hall–Kier alpha value is -2.25. The van der Waals surface area contributed by atoms with Gasteiger partial charge in [-0.3, -0.25) is 4.79 Å². The first kappa shape index (κ1) is 18.5. The van der Waals surface area contributed by atoms with Crippen LogP contribution in [0.3, 0.4) is 0 Å². The number of amides is 1. The van der Waals surface area contributed by atoms with Gasteiger partial charge in [0.1, 0.15) is 11.5 Å². The normalized spacial score (nSPS) is 15.6. The van der Waals surface area contributed by atoms with Crippen molar-refractivity contribution in [3.05, 3.63) is 52.9 Å². The minimum absolute atomic E-state index is 0.0415. The van der Waals surface area contributed by atoms with Gasteiger partial charge < -0.3 is 19.9 Å². The summed E-state index contributed by atoms with van der Waals surface area (Å²) >= 11 is 0. The fourth-order valence-electron chi connectivity index (χ4n) is 3.02. The molecule has 2 N–H and O–H groups in total. The van der Waals surface area contributed by atoms with Gasteiger partial charge in [-0.1, -0.05) is 0 Å². The van der Waals surface area contributed by atoms with Gasteiger partial charge in [-0.2, -0.15) is 0 Å². The maximum atomic E-state index is 14.7. The number of halogens is 2. The van der Waals surface area contributed by atoms with Gasteiger partial charge in [0.2, 0.25) is 0 Å². The fraction of sp³-hybridized carbons (Fsp3) is 0.421. The summed E-state index contributed by atoms with van der Waals surface area (Å²) in [4.78, 5) is 12.5. The summed E-state index contributed by atoms with van der Waals surface area (Å²) in [5, 5.41) is 5.96. The Bertz CT molecular complexity index is 828. The molecule has 1 aromatic heterocycles. The second-order valence-corrected chi connectivity index (χ2v) is 7.08. The number of anilines is 1. The van der Waals surface area contributed by atoms with E-state index >= 15 is 0 Å². The van der Waals surface area contributed by atoms with Gasteiger partial charge in [0.05, 0.1) is 18.8 Å². The zero-order valence-electron chi connectivity index (χ0n) is 15.2. The molecule has 26 heavy (non-hydrogen) atoms. The van der Waals surface area contributed by atoms with Crippen LogP contribution in [-0.4, -0.2) is 35.8 Å². The van der Waals surface area contributed by atoms with Crippen LogP contribution in [0.5, 0.6) is 0 Å². The van der Waals surface area contributed by atoms with E-state index in [0.29, 0.717) is 43.0 Å². The molecule has 5 nitrogen and oxygen atoms in total. The number of nitrogens with zero attached hydrogens (tertiary/aromatic N) is 1. The summed E-state index contributed by atoms with van der Waals surface area (Å²) < 4.78 is 34.7. The second-order valence-electron chi connectivity index (χ2n) is 7.08. The summed E-state index contributed by atoms with van der Waals surface area (Å²) in [5.74, 6) is -1.44. The highest BCUT2D eigenvalue weighted by molar-refractivity contribution is 6.03. The molecule has 1 saturated heterocycles. The van der Waals surface area contributed by atoms with Crippen molar-refractivity contribution < 1.29 is 18.3 Å². The summed E-state index contributed by atoms with van der Waals surface area (Å²) in [5.41, 5.74) is 1.22. The van der Waals surface area contributed by atoms with Crippen molar-refractivity contribution in [2.24, 2.45) is 7.05 Å². The first-order valence-electron chi connectivity index (χ1n) is 8.53. The Morgan fingerprint density at radius 2 is 2.08 bits per heavy atom. The van der Waals surface area contributed by atoms with E-state index in [-0.39, 0.29) is 17.1 Å². The van der Waals surface area contributed by atoms with Crippen molar-refractivity contribution in [3.8, 4) is 0 Å². The smallest absolute Gasteiger partial charge is 0.275 e. The van der Waals surface area contributed by atoms with Gasteiger partial charge in [-0.25, -0.2) is 8.78 Å². The number of aryl methyl sites for hydroxylation is 2. The fourth-order valence-corrected chi connectivity index (χ4v) is 3.02. The summed E-state index contributed by atoms with van der Waals surface area (Å²) in [6.07, 6.45) is 2.10. The van der Waals surface area contributed by atoms with Crippen LogP contribution in [0.15, 0.2) is 24.4 Å². The van der Waals surface area contributed by atoms with Gasteiger partial charge in [-0.15, -0.1) is 0 Å². The molecule has 1 fully saturated rings. The van der Waals surface area contributed by atoms with Crippen LogP contribution >= 0.6 is 0 Å². The van der Waals surface area contributed by atoms with E-state index in [1.165, 1.54) is 22.8 Å². The van der Waals surface area contributed by atoms with Gasteiger partial charge in [-0.05, 0) is 44.0 Å². The standard InChI is InChI=1S/C19H23F2N3O2/c1-12-8-14(4-5-15(12)20)23-18(25)17-16(21)13(9-24(17)3)6-7-22-19(2)10-26-11-19/h4-5,8-9,22H,6-7,10-11H2,1-3H3,(H,23,25). The molecular formula is C19H23F2N3O2. The maximum Gasteiger partial charge on any atom is 0.275 e. The number of nitrogens with one attached hydrogen (secondary N) is 2. The highest BCUT2D eigenvalue weighted by atomic mass is 19.1. The minimum Gasteiger partial charge on any atom is -0.377 e. The van der Waals surface area contributed by atoms with Crippen molar-refractivity contribution in [1.82, 2.24) is 9.88 Å². The van der Waals surface area contributed by atoms with Crippen molar-refractivity contribution in [2.45, 2.75) is 25.8 Å². The van der Waals surface area contributed by atoms with E-state index in [4.69, 9.17) is 4.74 Å². The van der Waals surface area contributed by atoms with Crippen LogP contribution in [0.25, 0.3) is 0 Å². The van der Waals surface area contributed by atoms with E-state index in [1.807, 2.05) is 0 Å². The van der Waals surface area contributed by atoms with Crippen molar-refractivity contribution in [3.63, 3.8) is 0 Å². The topological polar surface area (TPSA) is 55.3 Å². The Morgan fingerprint density at radius 3 is 2.69 bits per heavy atom. The lowest BCUT2D eigenvalue weighted by atomic mass is 10.0. The van der Waals surface area contributed by atoms with Crippen LogP contribution < -0.4 is 10.6 Å². The number of hydrogen-bond acceptors (Lipinski definition) is 3. The maximum absolute atomic E-state index is 14.7. The first-order chi connectivity index (χ1) is 12.3. The van der Waals surface area contributed by atoms with Crippen LogP contribution in [0.1, 0.15) is 28.5 Å². The number of carbonyl (C=O) groups excluding carboxylic acids is 1.